The maximum atomic E-state index is 12.6. The molecule has 0 rings (SSSR count). The van der Waals surface area contributed by atoms with Crippen LogP contribution in [0.15, 0.2) is 48.6 Å². The van der Waals surface area contributed by atoms with Gasteiger partial charge in [-0.1, -0.05) is 236 Å². The number of aliphatic hydroxyl groups is 4. The summed E-state index contributed by atoms with van der Waals surface area (Å²) in [6.07, 6.45) is 64.6. The SMILES string of the molecule is CCCCCCCCCCC/C=C\CCCCCCCCC(O)C(=O)NC(CO)C(O)C(O)CCC/C=C/CC/C=C/CC/C=C/CCCCCCCCCCCCCCCCC. The van der Waals surface area contributed by atoms with E-state index in [1.54, 1.807) is 0 Å². The predicted octanol–water partition coefficient (Wildman–Crippen LogP) is 15.8. The van der Waals surface area contributed by atoms with Crippen molar-refractivity contribution in [2.75, 3.05) is 6.61 Å². The van der Waals surface area contributed by atoms with Crippen molar-refractivity contribution in [2.45, 2.75) is 301 Å². The van der Waals surface area contributed by atoms with Gasteiger partial charge in [0, 0.05) is 0 Å². The van der Waals surface area contributed by atoms with Crippen LogP contribution in [0, 0.1) is 0 Å². The lowest BCUT2D eigenvalue weighted by Gasteiger charge is -2.27. The summed E-state index contributed by atoms with van der Waals surface area (Å²) < 4.78 is 0. The molecule has 0 aromatic rings. The van der Waals surface area contributed by atoms with Crippen LogP contribution in [0.3, 0.4) is 0 Å². The van der Waals surface area contributed by atoms with Gasteiger partial charge in [0.2, 0.25) is 5.91 Å². The molecular weight excluding hydrogens is 779 g/mol. The fraction of sp³-hybridized carbons (Fsp3) is 0.842. The van der Waals surface area contributed by atoms with Gasteiger partial charge in [-0.3, -0.25) is 4.79 Å². The minimum absolute atomic E-state index is 0.351. The molecule has 0 fully saturated rings. The van der Waals surface area contributed by atoms with E-state index in [0.29, 0.717) is 19.3 Å². The zero-order valence-electron chi connectivity index (χ0n) is 41.8. The maximum absolute atomic E-state index is 12.6. The minimum Gasteiger partial charge on any atom is -0.394 e. The minimum atomic E-state index is -1.30. The molecule has 4 unspecified atom stereocenters. The van der Waals surface area contributed by atoms with E-state index < -0.39 is 36.9 Å². The van der Waals surface area contributed by atoms with Gasteiger partial charge in [-0.15, -0.1) is 0 Å². The fourth-order valence-electron chi connectivity index (χ4n) is 8.37. The molecule has 370 valence electrons. The number of hydrogen-bond acceptors (Lipinski definition) is 5. The molecule has 4 atom stereocenters. The third-order valence-corrected chi connectivity index (χ3v) is 12.7. The highest BCUT2D eigenvalue weighted by Crippen LogP contribution is 2.16. The molecule has 1 amide bonds. The Hall–Kier alpha value is -1.73. The summed E-state index contributed by atoms with van der Waals surface area (Å²) in [5, 5.41) is 43.9. The first-order chi connectivity index (χ1) is 31.0. The van der Waals surface area contributed by atoms with E-state index >= 15 is 0 Å². The summed E-state index contributed by atoms with van der Waals surface area (Å²) in [6, 6.07) is -1.02. The summed E-state index contributed by atoms with van der Waals surface area (Å²) in [7, 11) is 0. The van der Waals surface area contributed by atoms with Crippen LogP contribution in [0.1, 0.15) is 277 Å². The third-order valence-electron chi connectivity index (χ3n) is 12.7. The number of unbranched alkanes of at least 4 members (excludes halogenated alkanes) is 33. The van der Waals surface area contributed by atoms with E-state index in [2.05, 4.69) is 67.8 Å². The van der Waals surface area contributed by atoms with Gasteiger partial charge >= 0.3 is 0 Å². The summed E-state index contributed by atoms with van der Waals surface area (Å²) in [5.74, 6) is -0.603. The highest BCUT2D eigenvalue weighted by atomic mass is 16.3. The summed E-state index contributed by atoms with van der Waals surface area (Å²) in [5.41, 5.74) is 0. The second-order valence-electron chi connectivity index (χ2n) is 18.9. The van der Waals surface area contributed by atoms with E-state index in [1.807, 2.05) is 0 Å². The van der Waals surface area contributed by atoms with Crippen molar-refractivity contribution in [1.82, 2.24) is 5.32 Å². The Labute approximate surface area is 391 Å². The number of aliphatic hydroxyl groups excluding tert-OH is 4. The van der Waals surface area contributed by atoms with E-state index in [0.717, 1.165) is 64.2 Å². The summed E-state index contributed by atoms with van der Waals surface area (Å²) in [4.78, 5) is 12.6. The van der Waals surface area contributed by atoms with Crippen LogP contribution < -0.4 is 5.32 Å². The Morgan fingerprint density at radius 1 is 0.381 bits per heavy atom. The van der Waals surface area contributed by atoms with Gasteiger partial charge in [0.15, 0.2) is 0 Å². The van der Waals surface area contributed by atoms with E-state index in [4.69, 9.17) is 0 Å². The number of carbonyl (C=O) groups excluding carboxylic acids is 1. The number of allylic oxidation sites excluding steroid dienone is 8. The normalized spacial score (nSPS) is 14.2. The second kappa shape index (κ2) is 51.3. The first-order valence-electron chi connectivity index (χ1n) is 27.5. The first kappa shape index (κ1) is 61.3. The average molecular weight is 886 g/mol. The van der Waals surface area contributed by atoms with E-state index in [9.17, 15) is 25.2 Å². The molecule has 0 spiro atoms. The number of hydrogen-bond donors (Lipinski definition) is 5. The third kappa shape index (κ3) is 45.2. The highest BCUT2D eigenvalue weighted by Gasteiger charge is 2.28. The molecule has 0 aliphatic heterocycles. The molecule has 6 nitrogen and oxygen atoms in total. The molecule has 0 aromatic heterocycles. The number of amides is 1. The quantitative estimate of drug-likeness (QED) is 0.0309. The molecule has 0 heterocycles. The molecule has 0 radical (unpaired) electrons. The van der Waals surface area contributed by atoms with Crippen LogP contribution in [0.4, 0.5) is 0 Å². The van der Waals surface area contributed by atoms with Gasteiger partial charge in [0.1, 0.15) is 12.2 Å². The molecular formula is C57H107NO5. The van der Waals surface area contributed by atoms with Crippen molar-refractivity contribution in [1.29, 1.82) is 0 Å². The Bertz CT molecular complexity index is 1040. The lowest BCUT2D eigenvalue weighted by molar-refractivity contribution is -0.132. The van der Waals surface area contributed by atoms with Crippen LogP contribution >= 0.6 is 0 Å². The Balaban J connectivity index is 3.73. The van der Waals surface area contributed by atoms with Crippen molar-refractivity contribution in [3.05, 3.63) is 48.6 Å². The second-order valence-corrected chi connectivity index (χ2v) is 18.9. The maximum Gasteiger partial charge on any atom is 0.249 e. The van der Waals surface area contributed by atoms with Crippen molar-refractivity contribution in [3.63, 3.8) is 0 Å². The van der Waals surface area contributed by atoms with Crippen molar-refractivity contribution in [2.24, 2.45) is 0 Å². The molecule has 63 heavy (non-hydrogen) atoms. The molecule has 0 aliphatic rings. The Morgan fingerprint density at radius 3 is 1.00 bits per heavy atom. The summed E-state index contributed by atoms with van der Waals surface area (Å²) >= 11 is 0. The van der Waals surface area contributed by atoms with Gasteiger partial charge in [-0.25, -0.2) is 0 Å². The topological polar surface area (TPSA) is 110 Å². The molecule has 0 saturated carbocycles. The molecule has 0 bridgehead atoms. The predicted molar refractivity (Wildman–Crippen MR) is 274 cm³/mol. The standard InChI is InChI=1S/C57H107NO5/c1-3-5-7-9-11-13-15-17-19-21-23-24-25-26-27-28-29-30-31-33-34-36-38-40-42-44-46-48-50-54(60)56(62)53(52-59)58-57(63)55(61)51-49-47-45-43-41-39-37-35-32-22-20-18-16-14-12-10-8-6-4-2/h29-30,32,34-36,42,44,53-56,59-62H,3-28,31,33,37-41,43,45-52H2,1-2H3,(H,58,63)/b30-29+,35-32-,36-34+,44-42+. The number of nitrogens with one attached hydrogen (secondary N) is 1. The van der Waals surface area contributed by atoms with Gasteiger partial charge < -0.3 is 25.7 Å². The van der Waals surface area contributed by atoms with Crippen LogP contribution in [0.2, 0.25) is 0 Å². The molecule has 0 saturated heterocycles. The molecule has 0 aromatic carbocycles. The van der Waals surface area contributed by atoms with Crippen LogP contribution in [0.25, 0.3) is 0 Å². The Morgan fingerprint density at radius 2 is 0.667 bits per heavy atom. The number of rotatable bonds is 50. The monoisotopic (exact) mass is 886 g/mol. The van der Waals surface area contributed by atoms with Crippen molar-refractivity contribution < 1.29 is 25.2 Å². The van der Waals surface area contributed by atoms with Gasteiger partial charge in [0.05, 0.1) is 18.8 Å². The van der Waals surface area contributed by atoms with Crippen LogP contribution in [-0.2, 0) is 4.79 Å². The van der Waals surface area contributed by atoms with Gasteiger partial charge in [-0.05, 0) is 89.9 Å². The van der Waals surface area contributed by atoms with Crippen molar-refractivity contribution >= 4 is 5.91 Å². The smallest absolute Gasteiger partial charge is 0.249 e. The van der Waals surface area contributed by atoms with E-state index in [-0.39, 0.29) is 0 Å². The van der Waals surface area contributed by atoms with Gasteiger partial charge in [-0.2, -0.15) is 0 Å². The van der Waals surface area contributed by atoms with Crippen molar-refractivity contribution in [3.8, 4) is 0 Å². The zero-order valence-corrected chi connectivity index (χ0v) is 41.8. The Kier molecular flexibility index (Phi) is 49.8. The average Bonchev–Trinajstić information content (AvgIpc) is 3.29. The fourth-order valence-corrected chi connectivity index (χ4v) is 8.37. The first-order valence-corrected chi connectivity index (χ1v) is 27.5. The zero-order chi connectivity index (χ0) is 45.9. The van der Waals surface area contributed by atoms with Crippen LogP contribution in [0.5, 0.6) is 0 Å². The van der Waals surface area contributed by atoms with Crippen LogP contribution in [-0.4, -0.2) is 57.3 Å². The molecule has 5 N–H and O–H groups in total. The lowest BCUT2D eigenvalue weighted by Crippen LogP contribution is -2.53. The molecule has 0 aliphatic carbocycles. The largest absolute Gasteiger partial charge is 0.394 e. The van der Waals surface area contributed by atoms with E-state index in [1.165, 1.54) is 180 Å². The summed E-state index contributed by atoms with van der Waals surface area (Å²) in [6.45, 7) is 4.06. The van der Waals surface area contributed by atoms with Gasteiger partial charge in [0.25, 0.3) is 0 Å². The number of carbonyl (C=O) groups is 1. The highest BCUT2D eigenvalue weighted by molar-refractivity contribution is 5.80. The lowest BCUT2D eigenvalue weighted by atomic mass is 10.00. The molecule has 6 heteroatoms.